The highest BCUT2D eigenvalue weighted by atomic mass is 32.1. The first-order chi connectivity index (χ1) is 13.5. The molecule has 28 heavy (non-hydrogen) atoms. The second-order valence-corrected chi connectivity index (χ2v) is 7.08. The number of benzene rings is 1. The molecule has 0 saturated heterocycles. The van der Waals surface area contributed by atoms with Crippen molar-refractivity contribution in [3.05, 3.63) is 53.2 Å². The molecule has 8 heteroatoms. The lowest BCUT2D eigenvalue weighted by Crippen LogP contribution is -2.12. The summed E-state index contributed by atoms with van der Waals surface area (Å²) in [6.07, 6.45) is 2.80. The van der Waals surface area contributed by atoms with Gasteiger partial charge in [0, 0.05) is 34.8 Å². The summed E-state index contributed by atoms with van der Waals surface area (Å²) in [4.78, 5) is 42.5. The van der Waals surface area contributed by atoms with Crippen molar-refractivity contribution in [1.82, 2.24) is 9.97 Å². The third-order valence-corrected chi connectivity index (χ3v) is 4.76. The van der Waals surface area contributed by atoms with Gasteiger partial charge in [0.25, 0.3) is 5.91 Å². The summed E-state index contributed by atoms with van der Waals surface area (Å²) >= 11 is 1.31. The molecule has 3 rings (SSSR count). The monoisotopic (exact) mass is 396 g/mol. The lowest BCUT2D eigenvalue weighted by atomic mass is 10.1. The highest BCUT2D eigenvalue weighted by Gasteiger charge is 2.13. The molecule has 3 aromatic rings. The van der Waals surface area contributed by atoms with Crippen molar-refractivity contribution in [3.8, 4) is 11.3 Å². The van der Waals surface area contributed by atoms with E-state index in [1.165, 1.54) is 30.5 Å². The molecule has 0 aliphatic carbocycles. The average Bonchev–Trinajstić information content (AvgIpc) is 3.32. The zero-order chi connectivity index (χ0) is 20.1. The van der Waals surface area contributed by atoms with Crippen LogP contribution in [0.2, 0.25) is 0 Å². The Hall–Kier alpha value is -3.26. The van der Waals surface area contributed by atoms with Crippen LogP contribution in [0.4, 0.5) is 10.8 Å². The molecule has 2 heterocycles. The smallest absolute Gasteiger partial charge is 0.273 e. The number of aromatic amines is 1. The van der Waals surface area contributed by atoms with Gasteiger partial charge in [-0.1, -0.05) is 19.1 Å². The topological polar surface area (TPSA) is 104 Å². The van der Waals surface area contributed by atoms with E-state index in [4.69, 9.17) is 0 Å². The van der Waals surface area contributed by atoms with Gasteiger partial charge < -0.3 is 10.3 Å². The number of ketones is 1. The fourth-order valence-corrected chi connectivity index (χ4v) is 3.25. The maximum atomic E-state index is 12.3. The quantitative estimate of drug-likeness (QED) is 0.517. The van der Waals surface area contributed by atoms with E-state index in [-0.39, 0.29) is 17.6 Å². The number of nitrogens with zero attached hydrogens (tertiary/aromatic N) is 1. The average molecular weight is 396 g/mol. The number of amides is 2. The molecule has 3 N–H and O–H groups in total. The molecule has 0 spiro atoms. The maximum absolute atomic E-state index is 12.3. The van der Waals surface area contributed by atoms with Crippen LogP contribution in [-0.4, -0.2) is 27.6 Å². The number of carbonyl (C=O) groups excluding carboxylic acids is 3. The van der Waals surface area contributed by atoms with Gasteiger partial charge in [0.2, 0.25) is 5.91 Å². The molecule has 2 amide bonds. The van der Waals surface area contributed by atoms with Crippen molar-refractivity contribution in [2.24, 2.45) is 0 Å². The van der Waals surface area contributed by atoms with E-state index >= 15 is 0 Å². The second kappa shape index (κ2) is 8.62. The molecule has 0 fully saturated rings. The number of H-pyrrole nitrogens is 1. The van der Waals surface area contributed by atoms with E-state index in [9.17, 15) is 14.4 Å². The minimum Gasteiger partial charge on any atom is -0.356 e. The van der Waals surface area contributed by atoms with Crippen LogP contribution >= 0.6 is 11.3 Å². The first kappa shape index (κ1) is 19.5. The van der Waals surface area contributed by atoms with E-state index in [0.717, 1.165) is 23.4 Å². The van der Waals surface area contributed by atoms with Gasteiger partial charge >= 0.3 is 0 Å². The Morgan fingerprint density at radius 3 is 2.54 bits per heavy atom. The predicted octanol–water partition coefficient (Wildman–Crippen LogP) is 4.33. The number of rotatable bonds is 7. The van der Waals surface area contributed by atoms with Gasteiger partial charge in [-0.2, -0.15) is 0 Å². The molecule has 0 bridgehead atoms. The van der Waals surface area contributed by atoms with E-state index in [0.29, 0.717) is 22.8 Å². The summed E-state index contributed by atoms with van der Waals surface area (Å²) in [6, 6.07) is 8.89. The Bertz CT molecular complexity index is 1000. The minimum atomic E-state index is -0.359. The first-order valence-corrected chi connectivity index (χ1v) is 9.70. The number of hydrogen-bond donors (Lipinski definition) is 3. The molecular weight excluding hydrogens is 376 g/mol. The third kappa shape index (κ3) is 4.72. The van der Waals surface area contributed by atoms with Crippen LogP contribution in [0, 0.1) is 0 Å². The van der Waals surface area contributed by atoms with Gasteiger partial charge in [0.05, 0.1) is 5.69 Å². The Morgan fingerprint density at radius 1 is 1.14 bits per heavy atom. The summed E-state index contributed by atoms with van der Waals surface area (Å²) < 4.78 is 0. The normalized spacial score (nSPS) is 10.5. The van der Waals surface area contributed by atoms with Crippen molar-refractivity contribution >= 4 is 39.8 Å². The van der Waals surface area contributed by atoms with Crippen molar-refractivity contribution in [2.45, 2.75) is 26.7 Å². The van der Waals surface area contributed by atoms with Crippen molar-refractivity contribution in [3.63, 3.8) is 0 Å². The lowest BCUT2D eigenvalue weighted by molar-refractivity contribution is -0.116. The van der Waals surface area contributed by atoms with Crippen LogP contribution in [0.1, 0.15) is 47.5 Å². The van der Waals surface area contributed by atoms with Crippen molar-refractivity contribution in [1.29, 1.82) is 0 Å². The minimum absolute atomic E-state index is 0.00819. The zero-order valence-electron chi connectivity index (χ0n) is 15.5. The first-order valence-electron chi connectivity index (χ1n) is 8.82. The van der Waals surface area contributed by atoms with E-state index in [2.05, 4.69) is 20.6 Å². The molecule has 0 unspecified atom stereocenters. The Labute approximate surface area is 166 Å². The van der Waals surface area contributed by atoms with Gasteiger partial charge in [-0.15, -0.1) is 11.3 Å². The van der Waals surface area contributed by atoms with Crippen LogP contribution in [0.25, 0.3) is 11.3 Å². The molecule has 0 aliphatic rings. The standard InChI is InChI=1S/C20H20N4O3S/c1-3-4-18(26)22-15-7-5-13(6-8-15)17-11-28-20(23-17)24-19(27)16-9-14(10-21-16)12(2)25/h5-11,21H,3-4H2,1-2H3,(H,22,26)(H,23,24,27). The second-order valence-electron chi connectivity index (χ2n) is 6.23. The SMILES string of the molecule is CCCC(=O)Nc1ccc(-c2csc(NC(=O)c3cc(C(C)=O)c[nH]3)n2)cc1. The third-order valence-electron chi connectivity index (χ3n) is 4.00. The molecule has 2 aromatic heterocycles. The molecule has 0 aliphatic heterocycles. The summed E-state index contributed by atoms with van der Waals surface area (Å²) in [6.45, 7) is 3.40. The fraction of sp³-hybridized carbons (Fsp3) is 0.200. The Balaban J connectivity index is 1.65. The van der Waals surface area contributed by atoms with E-state index in [1.807, 2.05) is 36.6 Å². The lowest BCUT2D eigenvalue weighted by Gasteiger charge is -2.05. The summed E-state index contributed by atoms with van der Waals surface area (Å²) in [5.41, 5.74) is 3.09. The molecule has 0 saturated carbocycles. The number of thiazole rings is 1. The number of anilines is 2. The van der Waals surface area contributed by atoms with Gasteiger partial charge in [-0.3, -0.25) is 19.7 Å². The fourth-order valence-electron chi connectivity index (χ4n) is 2.53. The molecule has 0 atom stereocenters. The maximum Gasteiger partial charge on any atom is 0.273 e. The number of carbonyl (C=O) groups is 3. The number of nitrogens with one attached hydrogen (secondary N) is 3. The summed E-state index contributed by atoms with van der Waals surface area (Å²) in [5, 5.41) is 7.86. The summed E-state index contributed by atoms with van der Waals surface area (Å²) in [5.74, 6) is -0.477. The van der Waals surface area contributed by atoms with Crippen molar-refractivity contribution < 1.29 is 14.4 Å². The van der Waals surface area contributed by atoms with Gasteiger partial charge in [-0.05, 0) is 31.5 Å². The Morgan fingerprint density at radius 2 is 1.89 bits per heavy atom. The number of Topliss-reactive ketones (excluding diaryl/α,β-unsaturated/α-hetero) is 1. The number of aromatic nitrogens is 2. The van der Waals surface area contributed by atoms with Gasteiger partial charge in [0.15, 0.2) is 10.9 Å². The van der Waals surface area contributed by atoms with Gasteiger partial charge in [0.1, 0.15) is 5.69 Å². The summed E-state index contributed by atoms with van der Waals surface area (Å²) in [7, 11) is 0. The zero-order valence-corrected chi connectivity index (χ0v) is 16.4. The largest absolute Gasteiger partial charge is 0.356 e. The highest BCUT2D eigenvalue weighted by molar-refractivity contribution is 7.14. The van der Waals surface area contributed by atoms with Crippen molar-refractivity contribution in [2.75, 3.05) is 10.6 Å². The molecule has 1 aromatic carbocycles. The highest BCUT2D eigenvalue weighted by Crippen LogP contribution is 2.26. The predicted molar refractivity (Wildman–Crippen MR) is 110 cm³/mol. The van der Waals surface area contributed by atoms with E-state index < -0.39 is 0 Å². The van der Waals surface area contributed by atoms with Gasteiger partial charge in [-0.25, -0.2) is 4.98 Å². The molecule has 144 valence electrons. The number of hydrogen-bond acceptors (Lipinski definition) is 5. The van der Waals surface area contributed by atoms with E-state index in [1.54, 1.807) is 0 Å². The van der Waals surface area contributed by atoms with Crippen LogP contribution in [0.15, 0.2) is 41.9 Å². The molecular formula is C20H20N4O3S. The van der Waals surface area contributed by atoms with Crippen LogP contribution < -0.4 is 10.6 Å². The van der Waals surface area contributed by atoms with Crippen LogP contribution in [0.3, 0.4) is 0 Å². The van der Waals surface area contributed by atoms with Crippen LogP contribution in [0.5, 0.6) is 0 Å². The Kier molecular flexibility index (Phi) is 6.00. The molecule has 0 radical (unpaired) electrons. The molecule has 7 nitrogen and oxygen atoms in total. The van der Waals surface area contributed by atoms with Crippen LogP contribution in [-0.2, 0) is 4.79 Å².